The van der Waals surface area contributed by atoms with Gasteiger partial charge in [-0.2, -0.15) is 0 Å². The number of nitrogens with zero attached hydrogens (tertiary/aromatic N) is 1. The third kappa shape index (κ3) is 3.97. The molecule has 1 atom stereocenters. The lowest BCUT2D eigenvalue weighted by molar-refractivity contribution is -0.384. The molecule has 2 rings (SSSR count). The number of hydrogen-bond donors (Lipinski definition) is 2. The third-order valence-electron chi connectivity index (χ3n) is 4.23. The molecular formula is C17H21N3O4S. The van der Waals surface area contributed by atoms with Gasteiger partial charge < -0.3 is 5.32 Å². The van der Waals surface area contributed by atoms with Crippen molar-refractivity contribution in [2.75, 3.05) is 12.4 Å². The van der Waals surface area contributed by atoms with E-state index in [2.05, 4.69) is 10.0 Å². The van der Waals surface area contributed by atoms with Gasteiger partial charge in [0.1, 0.15) is 5.69 Å². The molecule has 0 aliphatic heterocycles. The first-order valence-electron chi connectivity index (χ1n) is 7.72. The van der Waals surface area contributed by atoms with Gasteiger partial charge in [-0.1, -0.05) is 18.2 Å². The van der Waals surface area contributed by atoms with Crippen molar-refractivity contribution >= 4 is 21.4 Å². The number of nitro groups is 1. The molecule has 0 bridgehead atoms. The zero-order valence-corrected chi connectivity index (χ0v) is 15.3. The number of hydrogen-bond acceptors (Lipinski definition) is 5. The summed E-state index contributed by atoms with van der Waals surface area (Å²) in [4.78, 5) is 10.6. The van der Waals surface area contributed by atoms with Crippen LogP contribution in [0.5, 0.6) is 0 Å². The van der Waals surface area contributed by atoms with Crippen LogP contribution in [0.4, 0.5) is 11.4 Å². The molecule has 0 saturated carbocycles. The van der Waals surface area contributed by atoms with Gasteiger partial charge in [0.15, 0.2) is 0 Å². The highest BCUT2D eigenvalue weighted by Crippen LogP contribution is 2.31. The molecule has 0 aromatic heterocycles. The maximum atomic E-state index is 11.9. The topological polar surface area (TPSA) is 101 Å². The number of rotatable bonds is 6. The lowest BCUT2D eigenvalue weighted by Gasteiger charge is -2.19. The summed E-state index contributed by atoms with van der Waals surface area (Å²) in [6, 6.07) is 9.56. The van der Waals surface area contributed by atoms with Gasteiger partial charge in [-0.05, 0) is 56.6 Å². The van der Waals surface area contributed by atoms with E-state index in [1.807, 2.05) is 39.0 Å². The van der Waals surface area contributed by atoms with Gasteiger partial charge in [-0.25, -0.2) is 13.1 Å². The van der Waals surface area contributed by atoms with Crippen LogP contribution in [0, 0.1) is 24.0 Å². The predicted octanol–water partition coefficient (Wildman–Crippen LogP) is 3.29. The quantitative estimate of drug-likeness (QED) is 0.606. The predicted molar refractivity (Wildman–Crippen MR) is 97.3 cm³/mol. The fraction of sp³-hybridized carbons (Fsp3) is 0.294. The molecule has 134 valence electrons. The molecule has 7 nitrogen and oxygen atoms in total. The van der Waals surface area contributed by atoms with E-state index in [1.165, 1.54) is 19.2 Å². The molecule has 0 aliphatic carbocycles. The highest BCUT2D eigenvalue weighted by atomic mass is 32.2. The minimum Gasteiger partial charge on any atom is -0.373 e. The molecule has 0 fully saturated rings. The van der Waals surface area contributed by atoms with Crippen LogP contribution in [0.2, 0.25) is 0 Å². The van der Waals surface area contributed by atoms with Crippen LogP contribution >= 0.6 is 0 Å². The summed E-state index contributed by atoms with van der Waals surface area (Å²) in [6.45, 7) is 5.91. The van der Waals surface area contributed by atoms with Crippen molar-refractivity contribution in [3.8, 4) is 0 Å². The highest BCUT2D eigenvalue weighted by molar-refractivity contribution is 7.89. The second-order valence-electron chi connectivity index (χ2n) is 5.80. The average molecular weight is 363 g/mol. The van der Waals surface area contributed by atoms with Crippen molar-refractivity contribution in [1.29, 1.82) is 0 Å². The Morgan fingerprint density at radius 2 is 1.84 bits per heavy atom. The highest BCUT2D eigenvalue weighted by Gasteiger charge is 2.22. The molecule has 1 unspecified atom stereocenters. The number of nitrogens with one attached hydrogen (secondary N) is 2. The normalized spacial score (nSPS) is 12.6. The fourth-order valence-electron chi connectivity index (χ4n) is 2.62. The molecule has 0 radical (unpaired) electrons. The Kier molecular flexibility index (Phi) is 5.44. The van der Waals surface area contributed by atoms with Crippen molar-refractivity contribution in [3.63, 3.8) is 0 Å². The molecule has 0 aliphatic rings. The molecule has 0 spiro atoms. The van der Waals surface area contributed by atoms with E-state index in [1.54, 1.807) is 0 Å². The Balaban J connectivity index is 2.42. The Labute approximate surface area is 147 Å². The average Bonchev–Trinajstić information content (AvgIpc) is 2.57. The minimum atomic E-state index is -3.75. The van der Waals surface area contributed by atoms with Crippen LogP contribution in [0.1, 0.15) is 29.7 Å². The van der Waals surface area contributed by atoms with Crippen molar-refractivity contribution in [2.24, 2.45) is 0 Å². The van der Waals surface area contributed by atoms with E-state index >= 15 is 0 Å². The van der Waals surface area contributed by atoms with Crippen molar-refractivity contribution < 1.29 is 13.3 Å². The number of nitro benzene ring substituents is 1. The van der Waals surface area contributed by atoms with Gasteiger partial charge in [-0.3, -0.25) is 10.1 Å². The number of sulfonamides is 1. The molecule has 2 aromatic rings. The Morgan fingerprint density at radius 1 is 1.16 bits per heavy atom. The van der Waals surface area contributed by atoms with Crippen molar-refractivity contribution in [2.45, 2.75) is 31.7 Å². The lowest BCUT2D eigenvalue weighted by atomic mass is 9.98. The number of anilines is 1. The summed E-state index contributed by atoms with van der Waals surface area (Å²) < 4.78 is 25.9. The van der Waals surface area contributed by atoms with Gasteiger partial charge >= 0.3 is 0 Å². The Hall–Kier alpha value is -2.45. The van der Waals surface area contributed by atoms with Gasteiger partial charge in [-0.15, -0.1) is 0 Å². The number of aryl methyl sites for hydroxylation is 1. The monoisotopic (exact) mass is 363 g/mol. The smallest absolute Gasteiger partial charge is 0.293 e. The number of benzene rings is 2. The largest absolute Gasteiger partial charge is 0.373 e. The maximum absolute atomic E-state index is 11.9. The van der Waals surface area contributed by atoms with Crippen LogP contribution in [-0.2, 0) is 10.0 Å². The first-order valence-corrected chi connectivity index (χ1v) is 9.20. The summed E-state index contributed by atoms with van der Waals surface area (Å²) in [5.74, 6) is 0. The van der Waals surface area contributed by atoms with Crippen LogP contribution in [0.25, 0.3) is 0 Å². The summed E-state index contributed by atoms with van der Waals surface area (Å²) in [5.41, 5.74) is 3.26. The Bertz CT molecular complexity index is 910. The Morgan fingerprint density at radius 3 is 2.44 bits per heavy atom. The molecule has 25 heavy (non-hydrogen) atoms. The van der Waals surface area contributed by atoms with Gasteiger partial charge in [0.2, 0.25) is 10.0 Å². The first kappa shape index (κ1) is 18.9. The van der Waals surface area contributed by atoms with Crippen LogP contribution in [0.15, 0.2) is 41.3 Å². The molecule has 2 aromatic carbocycles. The second-order valence-corrected chi connectivity index (χ2v) is 7.69. The maximum Gasteiger partial charge on any atom is 0.293 e. The van der Waals surface area contributed by atoms with Gasteiger partial charge in [0.25, 0.3) is 5.69 Å². The van der Waals surface area contributed by atoms with Crippen LogP contribution in [-0.4, -0.2) is 20.4 Å². The SMILES string of the molecule is CNS(=O)(=O)c1ccc(NC(C)c2cccc(C)c2C)c([N+](=O)[O-])c1. The van der Waals surface area contributed by atoms with E-state index in [0.29, 0.717) is 0 Å². The molecule has 8 heteroatoms. The summed E-state index contributed by atoms with van der Waals surface area (Å²) in [7, 11) is -2.49. The second kappa shape index (κ2) is 7.20. The first-order chi connectivity index (χ1) is 11.7. The third-order valence-corrected chi connectivity index (χ3v) is 5.64. The van der Waals surface area contributed by atoms with Crippen molar-refractivity contribution in [1.82, 2.24) is 4.72 Å². The van der Waals surface area contributed by atoms with E-state index in [-0.39, 0.29) is 22.3 Å². The van der Waals surface area contributed by atoms with E-state index in [0.717, 1.165) is 22.8 Å². The molecule has 0 heterocycles. The lowest BCUT2D eigenvalue weighted by Crippen LogP contribution is -2.19. The summed E-state index contributed by atoms with van der Waals surface area (Å²) in [5, 5.41) is 14.5. The molecule has 0 amide bonds. The summed E-state index contributed by atoms with van der Waals surface area (Å²) >= 11 is 0. The van der Waals surface area contributed by atoms with E-state index in [9.17, 15) is 18.5 Å². The standard InChI is InChI=1S/C17H21N3O4S/c1-11-6-5-7-15(12(11)2)13(3)19-16-9-8-14(25(23,24)18-4)10-17(16)20(21)22/h5-10,13,18-19H,1-4H3. The van der Waals surface area contributed by atoms with Crippen molar-refractivity contribution in [3.05, 3.63) is 63.2 Å². The van der Waals surface area contributed by atoms with Gasteiger partial charge in [0.05, 0.1) is 9.82 Å². The summed E-state index contributed by atoms with van der Waals surface area (Å²) in [6.07, 6.45) is 0. The van der Waals surface area contributed by atoms with Gasteiger partial charge in [0, 0.05) is 12.1 Å². The zero-order chi connectivity index (χ0) is 18.8. The van der Waals surface area contributed by atoms with Crippen LogP contribution < -0.4 is 10.0 Å². The minimum absolute atomic E-state index is 0.147. The van der Waals surface area contributed by atoms with Crippen LogP contribution in [0.3, 0.4) is 0 Å². The molecule has 0 saturated heterocycles. The van der Waals surface area contributed by atoms with E-state index < -0.39 is 14.9 Å². The van der Waals surface area contributed by atoms with E-state index in [4.69, 9.17) is 0 Å². The molecular weight excluding hydrogens is 342 g/mol. The fourth-order valence-corrected chi connectivity index (χ4v) is 3.37. The molecule has 2 N–H and O–H groups in total. The zero-order valence-electron chi connectivity index (χ0n) is 14.5.